The number of nitrogens with one attached hydrogen (secondary N) is 2. The predicted molar refractivity (Wildman–Crippen MR) is 156 cm³/mol. The zero-order valence-corrected chi connectivity index (χ0v) is 24.0. The molecule has 6 heteroatoms. The molecule has 3 rings (SSSR count). The molecule has 0 spiro atoms. The van der Waals surface area contributed by atoms with Crippen molar-refractivity contribution >= 4 is 0 Å². The fraction of sp³-hybridized carbons (Fsp3) is 0.613. The largest absolute Gasteiger partial charge is 0.388 e. The molecule has 1 atom stereocenters. The Balaban J connectivity index is 0.000000260. The van der Waals surface area contributed by atoms with Gasteiger partial charge < -0.3 is 10.6 Å². The van der Waals surface area contributed by atoms with Gasteiger partial charge in [0, 0.05) is 30.4 Å². The maximum atomic E-state index is 4.14. The van der Waals surface area contributed by atoms with Gasteiger partial charge in [-0.15, -0.1) is 20.4 Å². The number of allylic oxidation sites excluding steroid dienone is 3. The van der Waals surface area contributed by atoms with Crippen LogP contribution in [0.25, 0.3) is 11.4 Å². The monoisotopic (exact) mass is 506 g/mol. The van der Waals surface area contributed by atoms with Crippen molar-refractivity contribution in [2.45, 2.75) is 98.4 Å². The summed E-state index contributed by atoms with van der Waals surface area (Å²) in [6.45, 7) is 16.8. The van der Waals surface area contributed by atoms with Crippen LogP contribution in [0.2, 0.25) is 0 Å². The molecule has 0 amide bonds. The van der Waals surface area contributed by atoms with Crippen LogP contribution in [0.5, 0.6) is 0 Å². The SMILES string of the molecule is C=C(CC[C@H]1CC/C=C/CCC1)NCCNC(C)C.Cc1nnc(-c2ccc(CCC(C)C)cc2)nn1. The van der Waals surface area contributed by atoms with E-state index < -0.39 is 0 Å². The van der Waals surface area contributed by atoms with Gasteiger partial charge in [-0.1, -0.05) is 77.1 Å². The number of aromatic nitrogens is 4. The summed E-state index contributed by atoms with van der Waals surface area (Å²) in [5.41, 5.74) is 3.52. The van der Waals surface area contributed by atoms with Crippen molar-refractivity contribution < 1.29 is 0 Å². The number of hydrogen-bond acceptors (Lipinski definition) is 6. The van der Waals surface area contributed by atoms with E-state index in [1.807, 2.05) is 12.1 Å². The molecule has 0 radical (unpaired) electrons. The average Bonchev–Trinajstić information content (AvgIpc) is 2.86. The van der Waals surface area contributed by atoms with E-state index in [1.165, 1.54) is 56.2 Å². The molecule has 1 heterocycles. The molecule has 6 nitrogen and oxygen atoms in total. The van der Waals surface area contributed by atoms with Gasteiger partial charge in [0.15, 0.2) is 5.82 Å². The second kappa shape index (κ2) is 17.8. The molecule has 2 aromatic rings. The van der Waals surface area contributed by atoms with Crippen LogP contribution in [0.3, 0.4) is 0 Å². The second-order valence-electron chi connectivity index (χ2n) is 10.9. The Morgan fingerprint density at radius 3 is 2.32 bits per heavy atom. The number of aryl methyl sites for hydroxylation is 2. The summed E-state index contributed by atoms with van der Waals surface area (Å²) in [4.78, 5) is 0. The predicted octanol–water partition coefficient (Wildman–Crippen LogP) is 6.84. The van der Waals surface area contributed by atoms with Gasteiger partial charge in [-0.05, 0) is 75.7 Å². The third kappa shape index (κ3) is 14.1. The smallest absolute Gasteiger partial charge is 0.203 e. The molecule has 0 saturated heterocycles. The molecule has 0 unspecified atom stereocenters. The molecular weight excluding hydrogens is 456 g/mol. The van der Waals surface area contributed by atoms with Gasteiger partial charge >= 0.3 is 0 Å². The first kappa shape index (κ1) is 30.6. The van der Waals surface area contributed by atoms with Crippen LogP contribution in [-0.2, 0) is 6.42 Å². The van der Waals surface area contributed by atoms with Crippen molar-refractivity contribution in [1.82, 2.24) is 31.0 Å². The van der Waals surface area contributed by atoms with Crippen LogP contribution >= 0.6 is 0 Å². The van der Waals surface area contributed by atoms with Crippen LogP contribution in [0.1, 0.15) is 90.4 Å². The molecule has 2 N–H and O–H groups in total. The van der Waals surface area contributed by atoms with Crippen molar-refractivity contribution in [2.24, 2.45) is 11.8 Å². The first-order valence-corrected chi connectivity index (χ1v) is 14.3. The van der Waals surface area contributed by atoms with E-state index >= 15 is 0 Å². The average molecular weight is 507 g/mol. The van der Waals surface area contributed by atoms with Gasteiger partial charge in [-0.2, -0.15) is 0 Å². The standard InChI is InChI=1S/C17H32N2.C14H18N4/c1-15(2)18-13-14-19-16(3)11-12-17-9-7-5-4-6-8-10-17;1-10(2)4-5-12-6-8-13(9-7-12)14-17-15-11(3)16-18-14/h4-5,15,17-19H,3,6-14H2,1-2H3;6-10H,4-5H2,1-3H3/b5-4+;/t17-;/m0./s1. The lowest BCUT2D eigenvalue weighted by Gasteiger charge is -2.18. The summed E-state index contributed by atoms with van der Waals surface area (Å²) in [5.74, 6) is 2.80. The van der Waals surface area contributed by atoms with Crippen LogP contribution in [0.4, 0.5) is 0 Å². The van der Waals surface area contributed by atoms with E-state index in [2.05, 4.69) is 89.6 Å². The van der Waals surface area contributed by atoms with Gasteiger partial charge in [0.05, 0.1) is 0 Å². The lowest BCUT2D eigenvalue weighted by molar-refractivity contribution is 0.403. The lowest BCUT2D eigenvalue weighted by Crippen LogP contribution is -2.31. The van der Waals surface area contributed by atoms with Crippen molar-refractivity contribution in [1.29, 1.82) is 0 Å². The summed E-state index contributed by atoms with van der Waals surface area (Å²) in [6, 6.07) is 8.88. The van der Waals surface area contributed by atoms with Crippen molar-refractivity contribution in [2.75, 3.05) is 13.1 Å². The zero-order chi connectivity index (χ0) is 26.9. The molecule has 0 bridgehead atoms. The molecule has 0 aliphatic heterocycles. The Morgan fingerprint density at radius 1 is 0.946 bits per heavy atom. The van der Waals surface area contributed by atoms with Gasteiger partial charge in [-0.25, -0.2) is 0 Å². The van der Waals surface area contributed by atoms with Crippen LogP contribution in [0.15, 0.2) is 48.7 Å². The third-order valence-electron chi connectivity index (χ3n) is 6.60. The van der Waals surface area contributed by atoms with Gasteiger partial charge in [0.25, 0.3) is 0 Å². The first-order chi connectivity index (χ1) is 17.8. The molecule has 1 aromatic heterocycles. The number of nitrogens with zero attached hydrogens (tertiary/aromatic N) is 4. The molecule has 0 fully saturated rings. The first-order valence-electron chi connectivity index (χ1n) is 14.3. The van der Waals surface area contributed by atoms with E-state index in [9.17, 15) is 0 Å². The van der Waals surface area contributed by atoms with E-state index in [-0.39, 0.29) is 0 Å². The Morgan fingerprint density at radius 2 is 1.65 bits per heavy atom. The zero-order valence-electron chi connectivity index (χ0n) is 24.0. The van der Waals surface area contributed by atoms with Crippen LogP contribution in [-0.4, -0.2) is 39.5 Å². The highest BCUT2D eigenvalue weighted by molar-refractivity contribution is 5.54. The minimum absolute atomic E-state index is 0.568. The van der Waals surface area contributed by atoms with Crippen LogP contribution < -0.4 is 10.6 Å². The molecule has 1 aliphatic carbocycles. The molecule has 0 saturated carbocycles. The van der Waals surface area contributed by atoms with Crippen molar-refractivity contribution in [3.8, 4) is 11.4 Å². The Hall–Kier alpha value is -2.60. The number of benzene rings is 1. The third-order valence-corrected chi connectivity index (χ3v) is 6.60. The number of rotatable bonds is 12. The Kier molecular flexibility index (Phi) is 14.7. The molecule has 1 aliphatic rings. The molecule has 1 aromatic carbocycles. The Labute approximate surface area is 225 Å². The maximum absolute atomic E-state index is 4.14. The summed E-state index contributed by atoms with van der Waals surface area (Å²) in [5, 5.41) is 22.7. The summed E-state index contributed by atoms with van der Waals surface area (Å²) >= 11 is 0. The minimum atomic E-state index is 0.568. The normalized spacial score (nSPS) is 16.5. The highest BCUT2D eigenvalue weighted by Crippen LogP contribution is 2.24. The van der Waals surface area contributed by atoms with Crippen LogP contribution in [0, 0.1) is 18.8 Å². The fourth-order valence-corrected chi connectivity index (χ4v) is 4.26. The maximum Gasteiger partial charge on any atom is 0.203 e. The number of hydrogen-bond donors (Lipinski definition) is 2. The summed E-state index contributed by atoms with van der Waals surface area (Å²) < 4.78 is 0. The van der Waals surface area contributed by atoms with E-state index in [1.54, 1.807) is 6.92 Å². The van der Waals surface area contributed by atoms with E-state index in [0.717, 1.165) is 43.3 Å². The molecule has 37 heavy (non-hydrogen) atoms. The van der Waals surface area contributed by atoms with E-state index in [4.69, 9.17) is 0 Å². The molecular formula is C31H50N6. The van der Waals surface area contributed by atoms with E-state index in [0.29, 0.717) is 17.7 Å². The van der Waals surface area contributed by atoms with Crippen molar-refractivity contribution in [3.05, 3.63) is 60.1 Å². The second-order valence-corrected chi connectivity index (χ2v) is 10.9. The summed E-state index contributed by atoms with van der Waals surface area (Å²) in [6.07, 6.45) is 16.1. The van der Waals surface area contributed by atoms with Crippen molar-refractivity contribution in [3.63, 3.8) is 0 Å². The topological polar surface area (TPSA) is 75.6 Å². The van der Waals surface area contributed by atoms with Gasteiger partial charge in [0.1, 0.15) is 0 Å². The Bertz CT molecular complexity index is 902. The minimum Gasteiger partial charge on any atom is -0.388 e. The van der Waals surface area contributed by atoms with Gasteiger partial charge in [0.2, 0.25) is 5.82 Å². The highest BCUT2D eigenvalue weighted by Gasteiger charge is 2.10. The summed E-state index contributed by atoms with van der Waals surface area (Å²) in [7, 11) is 0. The lowest BCUT2D eigenvalue weighted by atomic mass is 9.90. The van der Waals surface area contributed by atoms with Gasteiger partial charge in [-0.3, -0.25) is 0 Å². The quantitative estimate of drug-likeness (QED) is 0.243. The fourth-order valence-electron chi connectivity index (χ4n) is 4.26. The molecule has 204 valence electrons. The highest BCUT2D eigenvalue weighted by atomic mass is 15.3.